The minimum atomic E-state index is 0.0170. The molecule has 1 aliphatic rings. The highest BCUT2D eigenvalue weighted by Gasteiger charge is 2.44. The van der Waals surface area contributed by atoms with Crippen LogP contribution in [0.25, 0.3) is 11.1 Å². The van der Waals surface area contributed by atoms with Gasteiger partial charge in [-0.15, -0.1) is 0 Å². The van der Waals surface area contributed by atoms with Crippen molar-refractivity contribution < 1.29 is 4.79 Å². The fraction of sp³-hybridized carbons (Fsp3) is 0.211. The van der Waals surface area contributed by atoms with Gasteiger partial charge in [-0.05, 0) is 75.3 Å². The molecule has 3 aromatic rings. The largest absolute Gasteiger partial charge is 0.351 e. The van der Waals surface area contributed by atoms with Crippen molar-refractivity contribution in [3.63, 3.8) is 0 Å². The van der Waals surface area contributed by atoms with Crippen LogP contribution in [0.1, 0.15) is 28.8 Å². The number of thiophene rings is 2. The van der Waals surface area contributed by atoms with Crippen molar-refractivity contribution >= 4 is 28.6 Å². The van der Waals surface area contributed by atoms with Crippen LogP contribution in [0.2, 0.25) is 0 Å². The first-order valence-corrected chi connectivity index (χ1v) is 9.59. The summed E-state index contributed by atoms with van der Waals surface area (Å²) in [7, 11) is 0. The van der Waals surface area contributed by atoms with Crippen LogP contribution in [-0.2, 0) is 5.41 Å². The van der Waals surface area contributed by atoms with Crippen molar-refractivity contribution in [3.8, 4) is 11.1 Å². The monoisotopic (exact) mass is 339 g/mol. The zero-order chi connectivity index (χ0) is 15.7. The highest BCUT2D eigenvalue weighted by Crippen LogP contribution is 2.48. The molecular formula is C19H17NOS2. The molecule has 4 rings (SSSR count). The van der Waals surface area contributed by atoms with Gasteiger partial charge in [0.1, 0.15) is 0 Å². The maximum Gasteiger partial charge on any atom is 0.251 e. The van der Waals surface area contributed by atoms with Gasteiger partial charge >= 0.3 is 0 Å². The number of rotatable bonds is 5. The van der Waals surface area contributed by atoms with E-state index in [1.165, 1.54) is 24.0 Å². The molecule has 2 aromatic heterocycles. The molecule has 0 saturated heterocycles. The summed E-state index contributed by atoms with van der Waals surface area (Å²) < 4.78 is 0. The highest BCUT2D eigenvalue weighted by molar-refractivity contribution is 7.08. The Morgan fingerprint density at radius 1 is 0.957 bits per heavy atom. The number of carbonyl (C=O) groups excluding carboxylic acids is 1. The van der Waals surface area contributed by atoms with E-state index in [2.05, 4.69) is 39.0 Å². The van der Waals surface area contributed by atoms with E-state index in [9.17, 15) is 4.79 Å². The van der Waals surface area contributed by atoms with Gasteiger partial charge in [0.05, 0.1) is 0 Å². The van der Waals surface area contributed by atoms with Crippen LogP contribution < -0.4 is 5.32 Å². The van der Waals surface area contributed by atoms with E-state index in [4.69, 9.17) is 0 Å². The zero-order valence-corrected chi connectivity index (χ0v) is 14.3. The standard InChI is InChI=1S/C19H17NOS2/c21-18(20-13-19(7-8-19)17-6-10-23-12-17)15-3-1-14(2-4-15)16-5-9-22-11-16/h1-6,9-12H,7-8,13H2,(H,20,21). The van der Waals surface area contributed by atoms with E-state index in [1.54, 1.807) is 22.7 Å². The van der Waals surface area contributed by atoms with Crippen LogP contribution in [0.15, 0.2) is 57.9 Å². The van der Waals surface area contributed by atoms with Gasteiger partial charge in [0.2, 0.25) is 0 Å². The molecule has 2 heterocycles. The molecule has 0 spiro atoms. The molecule has 1 aromatic carbocycles. The number of hydrogen-bond acceptors (Lipinski definition) is 3. The van der Waals surface area contributed by atoms with Crippen LogP contribution in [0.3, 0.4) is 0 Å². The molecular weight excluding hydrogens is 322 g/mol. The summed E-state index contributed by atoms with van der Waals surface area (Å²) in [5.74, 6) is 0.0170. The minimum Gasteiger partial charge on any atom is -0.351 e. The van der Waals surface area contributed by atoms with Crippen molar-refractivity contribution in [2.75, 3.05) is 6.54 Å². The van der Waals surface area contributed by atoms with Crippen molar-refractivity contribution in [2.24, 2.45) is 0 Å². The normalized spacial score (nSPS) is 15.3. The maximum atomic E-state index is 12.4. The van der Waals surface area contributed by atoms with E-state index >= 15 is 0 Å². The number of hydrogen-bond donors (Lipinski definition) is 1. The van der Waals surface area contributed by atoms with E-state index < -0.39 is 0 Å². The summed E-state index contributed by atoms with van der Waals surface area (Å²) in [5.41, 5.74) is 4.64. The lowest BCUT2D eigenvalue weighted by Gasteiger charge is -2.15. The van der Waals surface area contributed by atoms with Crippen molar-refractivity contribution in [1.82, 2.24) is 5.32 Å². The average Bonchev–Trinajstić information content (AvgIpc) is 3.03. The summed E-state index contributed by atoms with van der Waals surface area (Å²) in [5, 5.41) is 11.6. The van der Waals surface area contributed by atoms with Gasteiger partial charge in [-0.3, -0.25) is 4.79 Å². The van der Waals surface area contributed by atoms with Crippen molar-refractivity contribution in [3.05, 3.63) is 69.0 Å². The lowest BCUT2D eigenvalue weighted by Crippen LogP contribution is -2.32. The SMILES string of the molecule is O=C(NCC1(c2ccsc2)CC1)c1ccc(-c2ccsc2)cc1. The van der Waals surface area contributed by atoms with E-state index in [0.717, 1.165) is 17.7 Å². The van der Waals surface area contributed by atoms with Gasteiger partial charge in [-0.1, -0.05) is 12.1 Å². The van der Waals surface area contributed by atoms with Crippen LogP contribution >= 0.6 is 22.7 Å². The van der Waals surface area contributed by atoms with Crippen LogP contribution in [0, 0.1) is 0 Å². The molecule has 0 atom stereocenters. The summed E-state index contributed by atoms with van der Waals surface area (Å²) in [6.45, 7) is 0.731. The first-order chi connectivity index (χ1) is 11.3. The summed E-state index contributed by atoms with van der Waals surface area (Å²) in [4.78, 5) is 12.4. The minimum absolute atomic E-state index is 0.0170. The molecule has 116 valence electrons. The van der Waals surface area contributed by atoms with Crippen molar-refractivity contribution in [1.29, 1.82) is 0 Å². The van der Waals surface area contributed by atoms with Gasteiger partial charge in [0, 0.05) is 17.5 Å². The fourth-order valence-electron chi connectivity index (χ4n) is 2.88. The molecule has 1 aliphatic carbocycles. The second kappa shape index (κ2) is 5.95. The third-order valence-corrected chi connectivity index (χ3v) is 5.94. The number of benzene rings is 1. The quantitative estimate of drug-likeness (QED) is 0.701. The Hall–Kier alpha value is -1.91. The Morgan fingerprint density at radius 3 is 2.30 bits per heavy atom. The summed E-state index contributed by atoms with van der Waals surface area (Å²) >= 11 is 3.41. The number of carbonyl (C=O) groups is 1. The summed E-state index contributed by atoms with van der Waals surface area (Å²) in [6, 6.07) is 12.1. The lowest BCUT2D eigenvalue weighted by molar-refractivity contribution is 0.0949. The fourth-order valence-corrected chi connectivity index (χ4v) is 4.32. The predicted octanol–water partition coefficient (Wildman–Crippen LogP) is 4.94. The molecule has 0 bridgehead atoms. The van der Waals surface area contributed by atoms with Gasteiger partial charge in [0.25, 0.3) is 5.91 Å². The molecule has 0 radical (unpaired) electrons. The van der Waals surface area contributed by atoms with Gasteiger partial charge in [-0.25, -0.2) is 0 Å². The van der Waals surface area contributed by atoms with Gasteiger partial charge < -0.3 is 5.32 Å². The van der Waals surface area contributed by atoms with Crippen LogP contribution in [0.4, 0.5) is 0 Å². The van der Waals surface area contributed by atoms with Crippen LogP contribution in [0.5, 0.6) is 0 Å². The Morgan fingerprint density at radius 2 is 1.70 bits per heavy atom. The molecule has 0 unspecified atom stereocenters. The summed E-state index contributed by atoms with van der Waals surface area (Å²) in [6.07, 6.45) is 2.34. The first kappa shape index (κ1) is 14.7. The van der Waals surface area contributed by atoms with E-state index in [0.29, 0.717) is 0 Å². The molecule has 1 fully saturated rings. The molecule has 1 N–H and O–H groups in total. The Labute approximate surface area is 143 Å². The predicted molar refractivity (Wildman–Crippen MR) is 97.3 cm³/mol. The smallest absolute Gasteiger partial charge is 0.251 e. The van der Waals surface area contributed by atoms with E-state index in [1.807, 2.05) is 24.3 Å². The molecule has 23 heavy (non-hydrogen) atoms. The lowest BCUT2D eigenvalue weighted by atomic mass is 9.99. The number of nitrogens with one attached hydrogen (secondary N) is 1. The van der Waals surface area contributed by atoms with Gasteiger partial charge in [0.15, 0.2) is 0 Å². The Balaban J connectivity index is 1.42. The maximum absolute atomic E-state index is 12.4. The third-order valence-electron chi connectivity index (χ3n) is 4.58. The van der Waals surface area contributed by atoms with E-state index in [-0.39, 0.29) is 11.3 Å². The molecule has 2 nitrogen and oxygen atoms in total. The topological polar surface area (TPSA) is 29.1 Å². The molecule has 4 heteroatoms. The van der Waals surface area contributed by atoms with Crippen LogP contribution in [-0.4, -0.2) is 12.5 Å². The van der Waals surface area contributed by atoms with Gasteiger partial charge in [-0.2, -0.15) is 22.7 Å². The average molecular weight is 339 g/mol. The van der Waals surface area contributed by atoms with Crippen molar-refractivity contribution in [2.45, 2.75) is 18.3 Å². The molecule has 1 amide bonds. The first-order valence-electron chi connectivity index (χ1n) is 7.70. The second-order valence-electron chi connectivity index (χ2n) is 6.06. The zero-order valence-electron chi connectivity index (χ0n) is 12.6. The molecule has 1 saturated carbocycles. The third kappa shape index (κ3) is 2.96. The highest BCUT2D eigenvalue weighted by atomic mass is 32.1. The second-order valence-corrected chi connectivity index (χ2v) is 7.62. The molecule has 0 aliphatic heterocycles. The Bertz CT molecular complexity index is 785. The number of amides is 1. The Kier molecular flexibility index (Phi) is 3.79.